The fourth-order valence-electron chi connectivity index (χ4n) is 3.31. The van der Waals surface area contributed by atoms with Crippen LogP contribution in [0.15, 0.2) is 24.9 Å². The van der Waals surface area contributed by atoms with Gasteiger partial charge in [-0.25, -0.2) is 9.97 Å². The lowest BCUT2D eigenvalue weighted by Gasteiger charge is -2.40. The first-order chi connectivity index (χ1) is 12.5. The molecule has 1 aliphatic rings. The topological polar surface area (TPSA) is 112 Å². The van der Waals surface area contributed by atoms with Crippen molar-refractivity contribution < 1.29 is 5.11 Å². The van der Waals surface area contributed by atoms with Crippen LogP contribution in [0.2, 0.25) is 0 Å². The van der Waals surface area contributed by atoms with E-state index in [9.17, 15) is 10.4 Å². The zero-order chi connectivity index (χ0) is 18.6. The van der Waals surface area contributed by atoms with E-state index in [-0.39, 0.29) is 17.6 Å². The standard InChI is InChI=1S/C18H25N7O/c1-18(2)9-14(3-4-15(18)26)23-16-13(10-19)11-22-17(24-16)21-6-8-25-7-5-20-12-25/h5,7,11-12,14-15,26H,3-4,6,8-9H2,1-2H3,(H2,21,22,23,24)/t14-,15+/m1/s1. The SMILES string of the molecule is CC1(C)C[C@H](Nc2nc(NCCn3ccnc3)ncc2C#N)CC[C@@H]1O. The van der Waals surface area contributed by atoms with Crippen LogP contribution in [0.4, 0.5) is 11.8 Å². The Kier molecular flexibility index (Phi) is 5.38. The molecule has 0 bridgehead atoms. The maximum atomic E-state index is 10.1. The Bertz CT molecular complexity index is 766. The number of aromatic nitrogens is 4. The molecule has 1 saturated carbocycles. The van der Waals surface area contributed by atoms with E-state index in [0.717, 1.165) is 25.8 Å². The third-order valence-corrected chi connectivity index (χ3v) is 4.93. The Labute approximate surface area is 153 Å². The quantitative estimate of drug-likeness (QED) is 0.726. The van der Waals surface area contributed by atoms with Gasteiger partial charge in [-0.1, -0.05) is 13.8 Å². The molecule has 2 atom stereocenters. The third-order valence-electron chi connectivity index (χ3n) is 4.93. The van der Waals surface area contributed by atoms with Gasteiger partial charge in [-0.05, 0) is 24.7 Å². The summed E-state index contributed by atoms with van der Waals surface area (Å²) in [5.74, 6) is 1.03. The molecule has 26 heavy (non-hydrogen) atoms. The molecule has 3 rings (SSSR count). The van der Waals surface area contributed by atoms with Gasteiger partial charge in [0.15, 0.2) is 0 Å². The Balaban J connectivity index is 1.65. The minimum atomic E-state index is -0.290. The van der Waals surface area contributed by atoms with Gasteiger partial charge in [0.2, 0.25) is 5.95 Å². The fourth-order valence-corrected chi connectivity index (χ4v) is 3.31. The molecule has 2 heterocycles. The minimum Gasteiger partial charge on any atom is -0.393 e. The number of nitriles is 1. The largest absolute Gasteiger partial charge is 0.393 e. The number of hydrogen-bond donors (Lipinski definition) is 3. The van der Waals surface area contributed by atoms with Crippen molar-refractivity contribution in [1.29, 1.82) is 5.26 Å². The van der Waals surface area contributed by atoms with Crippen molar-refractivity contribution in [1.82, 2.24) is 19.5 Å². The fraction of sp³-hybridized carbons (Fsp3) is 0.556. The average Bonchev–Trinajstić information content (AvgIpc) is 3.12. The van der Waals surface area contributed by atoms with Crippen molar-refractivity contribution in [2.75, 3.05) is 17.2 Å². The van der Waals surface area contributed by atoms with E-state index >= 15 is 0 Å². The summed E-state index contributed by atoms with van der Waals surface area (Å²) in [5.41, 5.74) is 0.274. The van der Waals surface area contributed by atoms with Crippen LogP contribution in [0, 0.1) is 16.7 Å². The number of nitrogens with zero attached hydrogens (tertiary/aromatic N) is 5. The molecule has 1 aliphatic carbocycles. The van der Waals surface area contributed by atoms with Gasteiger partial charge in [0.1, 0.15) is 17.5 Å². The minimum absolute atomic E-state index is 0.151. The molecule has 2 aromatic rings. The predicted molar refractivity (Wildman–Crippen MR) is 98.5 cm³/mol. The second kappa shape index (κ2) is 7.70. The molecule has 8 heteroatoms. The average molecular weight is 355 g/mol. The van der Waals surface area contributed by atoms with E-state index in [1.165, 1.54) is 6.20 Å². The second-order valence-electron chi connectivity index (χ2n) is 7.42. The summed E-state index contributed by atoms with van der Waals surface area (Å²) in [6, 6.07) is 2.32. The number of anilines is 2. The van der Waals surface area contributed by atoms with Crippen LogP contribution in [0.25, 0.3) is 0 Å². The molecule has 2 aromatic heterocycles. The normalized spacial score (nSPS) is 21.8. The number of hydrogen-bond acceptors (Lipinski definition) is 7. The lowest BCUT2D eigenvalue weighted by Crippen LogP contribution is -2.41. The van der Waals surface area contributed by atoms with Crippen LogP contribution in [-0.2, 0) is 6.54 Å². The van der Waals surface area contributed by atoms with E-state index in [1.54, 1.807) is 12.5 Å². The van der Waals surface area contributed by atoms with Gasteiger partial charge in [-0.2, -0.15) is 10.2 Å². The molecule has 138 valence electrons. The van der Waals surface area contributed by atoms with Crippen LogP contribution in [0.1, 0.15) is 38.7 Å². The highest BCUT2D eigenvalue weighted by Gasteiger charge is 2.35. The molecular formula is C18H25N7O. The van der Waals surface area contributed by atoms with Gasteiger partial charge in [0.05, 0.1) is 18.6 Å². The molecule has 0 aliphatic heterocycles. The summed E-state index contributed by atoms with van der Waals surface area (Å²) in [4.78, 5) is 12.7. The van der Waals surface area contributed by atoms with Crippen molar-refractivity contribution in [2.45, 2.75) is 51.8 Å². The molecule has 8 nitrogen and oxygen atoms in total. The Morgan fingerprint density at radius 3 is 2.96 bits per heavy atom. The van der Waals surface area contributed by atoms with Crippen molar-refractivity contribution in [2.24, 2.45) is 5.41 Å². The van der Waals surface area contributed by atoms with Crippen molar-refractivity contribution in [3.63, 3.8) is 0 Å². The molecule has 3 N–H and O–H groups in total. The zero-order valence-corrected chi connectivity index (χ0v) is 15.2. The van der Waals surface area contributed by atoms with E-state index in [0.29, 0.717) is 23.9 Å². The van der Waals surface area contributed by atoms with Crippen LogP contribution in [-0.4, -0.2) is 43.3 Å². The zero-order valence-electron chi connectivity index (χ0n) is 15.2. The molecular weight excluding hydrogens is 330 g/mol. The summed E-state index contributed by atoms with van der Waals surface area (Å²) in [7, 11) is 0. The van der Waals surface area contributed by atoms with Crippen LogP contribution >= 0.6 is 0 Å². The molecule has 0 radical (unpaired) electrons. The first kappa shape index (κ1) is 18.1. The predicted octanol–water partition coefficient (Wildman–Crippen LogP) is 2.01. The van der Waals surface area contributed by atoms with Crippen molar-refractivity contribution in [3.05, 3.63) is 30.5 Å². The Morgan fingerprint density at radius 1 is 1.42 bits per heavy atom. The van der Waals surface area contributed by atoms with Crippen molar-refractivity contribution >= 4 is 11.8 Å². The van der Waals surface area contributed by atoms with Gasteiger partial charge in [-0.15, -0.1) is 0 Å². The third kappa shape index (κ3) is 4.29. The van der Waals surface area contributed by atoms with E-state index in [4.69, 9.17) is 0 Å². The molecule has 0 spiro atoms. The summed E-state index contributed by atoms with van der Waals surface area (Å²) in [6.07, 6.45) is 9.06. The second-order valence-corrected chi connectivity index (χ2v) is 7.42. The lowest BCUT2D eigenvalue weighted by molar-refractivity contribution is 0.00926. The smallest absolute Gasteiger partial charge is 0.224 e. The molecule has 0 unspecified atom stereocenters. The van der Waals surface area contributed by atoms with Gasteiger partial charge in [0.25, 0.3) is 0 Å². The number of rotatable bonds is 6. The van der Waals surface area contributed by atoms with Crippen molar-refractivity contribution in [3.8, 4) is 6.07 Å². The van der Waals surface area contributed by atoms with Gasteiger partial charge in [-0.3, -0.25) is 0 Å². The Morgan fingerprint density at radius 2 is 2.27 bits per heavy atom. The van der Waals surface area contributed by atoms with Crippen LogP contribution in [0.3, 0.4) is 0 Å². The van der Waals surface area contributed by atoms with Gasteiger partial charge < -0.3 is 20.3 Å². The van der Waals surface area contributed by atoms with E-state index < -0.39 is 0 Å². The van der Waals surface area contributed by atoms with Crippen LogP contribution < -0.4 is 10.6 Å². The first-order valence-electron chi connectivity index (χ1n) is 8.89. The molecule has 0 aromatic carbocycles. The number of nitrogens with one attached hydrogen (secondary N) is 2. The number of aliphatic hydroxyl groups is 1. The molecule has 0 amide bonds. The van der Waals surface area contributed by atoms with Gasteiger partial charge in [0, 0.05) is 31.5 Å². The molecule has 0 saturated heterocycles. The maximum Gasteiger partial charge on any atom is 0.224 e. The summed E-state index contributed by atoms with van der Waals surface area (Å²) >= 11 is 0. The first-order valence-corrected chi connectivity index (χ1v) is 8.89. The monoisotopic (exact) mass is 355 g/mol. The number of imidazole rings is 1. The van der Waals surface area contributed by atoms with Gasteiger partial charge >= 0.3 is 0 Å². The van der Waals surface area contributed by atoms with E-state index in [1.807, 2.05) is 10.8 Å². The Hall–Kier alpha value is -2.66. The highest BCUT2D eigenvalue weighted by molar-refractivity contribution is 5.54. The van der Waals surface area contributed by atoms with Crippen LogP contribution in [0.5, 0.6) is 0 Å². The van der Waals surface area contributed by atoms with E-state index in [2.05, 4.69) is 45.5 Å². The highest BCUT2D eigenvalue weighted by atomic mass is 16.3. The summed E-state index contributed by atoms with van der Waals surface area (Å²) in [6.45, 7) is 5.55. The highest BCUT2D eigenvalue weighted by Crippen LogP contribution is 2.36. The lowest BCUT2D eigenvalue weighted by atomic mass is 9.73. The molecule has 1 fully saturated rings. The summed E-state index contributed by atoms with van der Waals surface area (Å²) < 4.78 is 1.96. The summed E-state index contributed by atoms with van der Waals surface area (Å²) in [5, 5.41) is 26.0. The number of aliphatic hydroxyl groups excluding tert-OH is 1. The maximum absolute atomic E-state index is 10.1.